The monoisotopic (exact) mass is 373 g/mol. The fourth-order valence-electron chi connectivity index (χ4n) is 3.06. The lowest BCUT2D eigenvalue weighted by Gasteiger charge is -2.34. The summed E-state index contributed by atoms with van der Waals surface area (Å²) in [6.45, 7) is 0.473. The van der Waals surface area contributed by atoms with Gasteiger partial charge in [0.05, 0.1) is 19.2 Å². The van der Waals surface area contributed by atoms with Crippen molar-refractivity contribution in [3.8, 4) is 0 Å². The normalized spacial score (nSPS) is 16.6. The van der Waals surface area contributed by atoms with E-state index in [1.54, 1.807) is 16.3 Å². The van der Waals surface area contributed by atoms with Crippen LogP contribution >= 0.6 is 11.3 Å². The van der Waals surface area contributed by atoms with Crippen LogP contribution in [-0.2, 0) is 27.3 Å². The van der Waals surface area contributed by atoms with E-state index in [0.29, 0.717) is 18.0 Å². The van der Waals surface area contributed by atoms with Crippen LogP contribution in [0.15, 0.2) is 35.7 Å². The van der Waals surface area contributed by atoms with Crippen molar-refractivity contribution in [3.63, 3.8) is 0 Å². The minimum absolute atomic E-state index is 0.00417. The first kappa shape index (κ1) is 18.1. The molecule has 0 spiro atoms. The van der Waals surface area contributed by atoms with E-state index in [-0.39, 0.29) is 24.0 Å². The number of primary amides is 1. The van der Waals surface area contributed by atoms with Crippen LogP contribution in [0.5, 0.6) is 0 Å². The van der Waals surface area contributed by atoms with Gasteiger partial charge in [-0.2, -0.15) is 0 Å². The van der Waals surface area contributed by atoms with Crippen LogP contribution < -0.4 is 11.1 Å². The second kappa shape index (κ2) is 7.67. The molecule has 2 heterocycles. The zero-order chi connectivity index (χ0) is 18.7. The van der Waals surface area contributed by atoms with Crippen molar-refractivity contribution in [3.05, 3.63) is 52.4 Å². The van der Waals surface area contributed by atoms with Gasteiger partial charge in [-0.15, -0.1) is 11.3 Å². The van der Waals surface area contributed by atoms with Crippen LogP contribution in [0.2, 0.25) is 0 Å². The summed E-state index contributed by atoms with van der Waals surface area (Å²) in [5, 5.41) is 4.80. The van der Waals surface area contributed by atoms with Crippen molar-refractivity contribution in [2.45, 2.75) is 19.0 Å². The summed E-state index contributed by atoms with van der Waals surface area (Å²) in [6.07, 6.45) is 0.488. The average Bonchev–Trinajstić information content (AvgIpc) is 3.08. The van der Waals surface area contributed by atoms with E-state index in [1.165, 1.54) is 18.4 Å². The highest BCUT2D eigenvalue weighted by Crippen LogP contribution is 2.25. The molecule has 0 unspecified atom stereocenters. The lowest BCUT2D eigenvalue weighted by atomic mass is 9.94. The lowest BCUT2D eigenvalue weighted by molar-refractivity contribution is -0.148. The number of ether oxygens (including phenoxy) is 1. The summed E-state index contributed by atoms with van der Waals surface area (Å²) >= 11 is 1.23. The van der Waals surface area contributed by atoms with Gasteiger partial charge in [-0.05, 0) is 29.0 Å². The Bertz CT molecular complexity index is 848. The van der Waals surface area contributed by atoms with Gasteiger partial charge in [0.1, 0.15) is 11.0 Å². The Kier molecular flexibility index (Phi) is 5.34. The summed E-state index contributed by atoms with van der Waals surface area (Å²) in [7, 11) is 1.34. The zero-order valence-corrected chi connectivity index (χ0v) is 15.0. The third-order valence-corrected chi connectivity index (χ3v) is 5.18. The van der Waals surface area contributed by atoms with Crippen molar-refractivity contribution in [1.82, 2.24) is 4.90 Å². The number of carbonyl (C=O) groups is 3. The van der Waals surface area contributed by atoms with Crippen LogP contribution in [0.4, 0.5) is 5.00 Å². The third-order valence-electron chi connectivity index (χ3n) is 4.35. The van der Waals surface area contributed by atoms with E-state index >= 15 is 0 Å². The summed E-state index contributed by atoms with van der Waals surface area (Å²) in [5.74, 6) is -1.29. The predicted molar refractivity (Wildman–Crippen MR) is 97.8 cm³/mol. The average molecular weight is 373 g/mol. The Morgan fingerprint density at radius 1 is 1.27 bits per heavy atom. The highest BCUT2D eigenvalue weighted by atomic mass is 32.1. The van der Waals surface area contributed by atoms with Gasteiger partial charge < -0.3 is 15.8 Å². The van der Waals surface area contributed by atoms with E-state index < -0.39 is 11.9 Å². The molecular formula is C18H19N3O4S. The molecule has 1 atom stereocenters. The number of amides is 2. The molecule has 7 nitrogen and oxygen atoms in total. The Balaban J connectivity index is 1.75. The van der Waals surface area contributed by atoms with Crippen LogP contribution in [0.25, 0.3) is 0 Å². The van der Waals surface area contributed by atoms with E-state index in [1.807, 2.05) is 24.3 Å². The number of benzene rings is 1. The number of nitrogens with one attached hydrogen (secondary N) is 1. The first-order valence-electron chi connectivity index (χ1n) is 8.05. The number of nitrogens with zero attached hydrogens (tertiary/aromatic N) is 1. The van der Waals surface area contributed by atoms with Gasteiger partial charge >= 0.3 is 5.97 Å². The van der Waals surface area contributed by atoms with Crippen molar-refractivity contribution in [2.75, 3.05) is 19.0 Å². The Morgan fingerprint density at radius 3 is 2.69 bits per heavy atom. The first-order chi connectivity index (χ1) is 12.5. The van der Waals surface area contributed by atoms with E-state index in [0.717, 1.165) is 11.1 Å². The molecule has 26 heavy (non-hydrogen) atoms. The predicted octanol–water partition coefficient (Wildman–Crippen LogP) is 1.39. The third kappa shape index (κ3) is 3.76. The number of thiophene rings is 1. The number of hydrogen-bond donors (Lipinski definition) is 2. The molecule has 3 N–H and O–H groups in total. The zero-order valence-electron chi connectivity index (χ0n) is 14.2. The van der Waals surface area contributed by atoms with E-state index in [9.17, 15) is 14.4 Å². The molecule has 0 saturated heterocycles. The Labute approximate surface area is 154 Å². The lowest BCUT2D eigenvalue weighted by Crippen LogP contribution is -2.49. The van der Waals surface area contributed by atoms with Gasteiger partial charge in [0, 0.05) is 6.54 Å². The molecule has 0 radical (unpaired) electrons. The molecule has 8 heteroatoms. The maximum absolute atomic E-state index is 12.5. The second-order valence-electron chi connectivity index (χ2n) is 5.99. The smallest absolute Gasteiger partial charge is 0.323 e. The SMILES string of the molecule is COC(=O)[C@@H]1Cc2ccccc2CN1CC(=O)Nc1sccc1C(N)=O. The number of anilines is 1. The summed E-state index contributed by atoms with van der Waals surface area (Å²) in [4.78, 5) is 37.8. The molecule has 2 aromatic rings. The molecule has 0 fully saturated rings. The quantitative estimate of drug-likeness (QED) is 0.771. The number of esters is 1. The summed E-state index contributed by atoms with van der Waals surface area (Å²) in [5.41, 5.74) is 7.73. The molecule has 0 aliphatic carbocycles. The largest absolute Gasteiger partial charge is 0.468 e. The number of methoxy groups -OCH3 is 1. The number of hydrogen-bond acceptors (Lipinski definition) is 6. The minimum Gasteiger partial charge on any atom is -0.468 e. The van der Waals surface area contributed by atoms with Crippen molar-refractivity contribution in [1.29, 1.82) is 0 Å². The Hall–Kier alpha value is -2.71. The van der Waals surface area contributed by atoms with Crippen LogP contribution in [0.3, 0.4) is 0 Å². The molecular weight excluding hydrogens is 354 g/mol. The topological polar surface area (TPSA) is 102 Å². The Morgan fingerprint density at radius 2 is 2.00 bits per heavy atom. The highest BCUT2D eigenvalue weighted by Gasteiger charge is 2.33. The number of carbonyl (C=O) groups excluding carboxylic acids is 3. The van der Waals surface area contributed by atoms with E-state index in [2.05, 4.69) is 5.32 Å². The van der Waals surface area contributed by atoms with Gasteiger partial charge in [-0.1, -0.05) is 24.3 Å². The fraction of sp³-hybridized carbons (Fsp3) is 0.278. The number of rotatable bonds is 5. The molecule has 3 rings (SSSR count). The van der Waals surface area contributed by atoms with E-state index in [4.69, 9.17) is 10.5 Å². The molecule has 2 amide bonds. The number of fused-ring (bicyclic) bond motifs is 1. The molecule has 1 aromatic carbocycles. The van der Waals surface area contributed by atoms with Crippen LogP contribution in [0, 0.1) is 0 Å². The van der Waals surface area contributed by atoms with Crippen molar-refractivity contribution < 1.29 is 19.1 Å². The minimum atomic E-state index is -0.596. The van der Waals surface area contributed by atoms with Gasteiger partial charge in [0.2, 0.25) is 5.91 Å². The van der Waals surface area contributed by atoms with Crippen molar-refractivity contribution >= 4 is 34.1 Å². The second-order valence-corrected chi connectivity index (χ2v) is 6.91. The van der Waals surface area contributed by atoms with Gasteiger partial charge in [-0.3, -0.25) is 19.3 Å². The maximum atomic E-state index is 12.5. The van der Waals surface area contributed by atoms with Gasteiger partial charge in [0.15, 0.2) is 0 Å². The van der Waals surface area contributed by atoms with Gasteiger partial charge in [0.25, 0.3) is 5.91 Å². The first-order valence-corrected chi connectivity index (χ1v) is 8.93. The van der Waals surface area contributed by atoms with Crippen molar-refractivity contribution in [2.24, 2.45) is 5.73 Å². The number of nitrogens with two attached hydrogens (primary N) is 1. The summed E-state index contributed by atoms with van der Waals surface area (Å²) < 4.78 is 4.90. The molecule has 136 valence electrons. The molecule has 0 bridgehead atoms. The molecule has 1 aliphatic rings. The van der Waals surface area contributed by atoms with Gasteiger partial charge in [-0.25, -0.2) is 0 Å². The fourth-order valence-corrected chi connectivity index (χ4v) is 3.87. The standard InChI is InChI=1S/C18H19N3O4S/c1-25-18(24)14-8-11-4-2-3-5-12(11)9-21(14)10-15(22)20-17-13(16(19)23)6-7-26-17/h2-7,14H,8-10H2,1H3,(H2,19,23)(H,20,22)/t14-/m0/s1. The molecule has 1 aromatic heterocycles. The maximum Gasteiger partial charge on any atom is 0.323 e. The summed E-state index contributed by atoms with van der Waals surface area (Å²) in [6, 6.07) is 8.86. The highest BCUT2D eigenvalue weighted by molar-refractivity contribution is 7.14. The van der Waals surface area contributed by atoms with Crippen LogP contribution in [0.1, 0.15) is 21.5 Å². The molecule has 1 aliphatic heterocycles. The van der Waals surface area contributed by atoms with Crippen LogP contribution in [-0.4, -0.2) is 42.4 Å². The molecule has 0 saturated carbocycles.